The van der Waals surface area contributed by atoms with Gasteiger partial charge in [0.05, 0.1) is 17.5 Å². The number of carbonyl (C=O) groups is 3. The van der Waals surface area contributed by atoms with Crippen molar-refractivity contribution in [1.82, 2.24) is 0 Å². The Kier molecular flexibility index (Phi) is 5.05. The van der Waals surface area contributed by atoms with E-state index >= 15 is 0 Å². The van der Waals surface area contributed by atoms with E-state index < -0.39 is 0 Å². The molecule has 5 nitrogen and oxygen atoms in total. The van der Waals surface area contributed by atoms with Crippen LogP contribution in [0.15, 0.2) is 60.7 Å². The number of aryl methyl sites for hydroxylation is 1. The summed E-state index contributed by atoms with van der Waals surface area (Å²) in [5, 5.41) is 2.94. The number of nitrogens with zero attached hydrogens (tertiary/aromatic N) is 1. The summed E-state index contributed by atoms with van der Waals surface area (Å²) in [5.41, 5.74) is 2.69. The first-order valence-electron chi connectivity index (χ1n) is 10.0. The van der Waals surface area contributed by atoms with Gasteiger partial charge in [0.25, 0.3) is 5.91 Å². The van der Waals surface area contributed by atoms with Crippen LogP contribution in [0.4, 0.5) is 11.4 Å². The van der Waals surface area contributed by atoms with Gasteiger partial charge in [-0.2, -0.15) is 0 Å². The van der Waals surface area contributed by atoms with Crippen molar-refractivity contribution in [3.8, 4) is 0 Å². The molecule has 0 unspecified atom stereocenters. The number of fused-ring (bicyclic) bond motifs is 1. The van der Waals surface area contributed by atoms with Crippen molar-refractivity contribution >= 4 is 29.1 Å². The third-order valence-electron chi connectivity index (χ3n) is 5.89. The Morgan fingerprint density at radius 3 is 2.66 bits per heavy atom. The van der Waals surface area contributed by atoms with Crippen LogP contribution in [0.2, 0.25) is 0 Å². The van der Waals surface area contributed by atoms with Gasteiger partial charge in [0.1, 0.15) is 0 Å². The van der Waals surface area contributed by atoms with Gasteiger partial charge in [-0.25, -0.2) is 0 Å². The van der Waals surface area contributed by atoms with E-state index in [9.17, 15) is 14.4 Å². The fourth-order valence-electron chi connectivity index (χ4n) is 4.33. The van der Waals surface area contributed by atoms with E-state index in [1.54, 1.807) is 24.3 Å². The van der Waals surface area contributed by atoms with Crippen molar-refractivity contribution in [3.05, 3.63) is 71.8 Å². The molecule has 0 radical (unpaired) electrons. The maximum absolute atomic E-state index is 13.0. The molecule has 2 aromatic carbocycles. The highest BCUT2D eigenvalue weighted by Crippen LogP contribution is 2.40. The molecule has 1 aliphatic carbocycles. The van der Waals surface area contributed by atoms with E-state index in [1.165, 1.54) is 4.90 Å². The lowest BCUT2D eigenvalue weighted by Gasteiger charge is -2.22. The first kappa shape index (κ1) is 19.1. The van der Waals surface area contributed by atoms with E-state index in [0.29, 0.717) is 17.7 Å². The molecular formula is C24H24N2O3. The minimum absolute atomic E-state index is 0.0345. The van der Waals surface area contributed by atoms with Crippen LogP contribution in [0.25, 0.3) is 0 Å². The highest BCUT2D eigenvalue weighted by Gasteiger charge is 2.50. The predicted molar refractivity (Wildman–Crippen MR) is 113 cm³/mol. The van der Waals surface area contributed by atoms with Crippen LogP contribution in [-0.4, -0.2) is 17.7 Å². The van der Waals surface area contributed by atoms with Crippen molar-refractivity contribution in [2.45, 2.75) is 26.7 Å². The Hall–Kier alpha value is -3.21. The molecule has 148 valence electrons. The summed E-state index contributed by atoms with van der Waals surface area (Å²) in [4.78, 5) is 40.0. The van der Waals surface area contributed by atoms with E-state index in [-0.39, 0.29) is 35.5 Å². The van der Waals surface area contributed by atoms with Gasteiger partial charge in [0.15, 0.2) is 0 Å². The highest BCUT2D eigenvalue weighted by atomic mass is 16.2. The fraction of sp³-hybridized carbons (Fsp3) is 0.292. The van der Waals surface area contributed by atoms with Crippen molar-refractivity contribution in [3.63, 3.8) is 0 Å². The van der Waals surface area contributed by atoms with Crippen LogP contribution in [-0.2, 0) is 16.0 Å². The number of hydrogen-bond donors (Lipinski definition) is 1. The fourth-order valence-corrected chi connectivity index (χ4v) is 4.33. The second kappa shape index (κ2) is 7.66. The number of benzene rings is 2. The average Bonchev–Trinajstić information content (AvgIpc) is 2.99. The minimum Gasteiger partial charge on any atom is -0.322 e. The molecule has 0 spiro atoms. The zero-order valence-corrected chi connectivity index (χ0v) is 16.6. The Labute approximate surface area is 170 Å². The summed E-state index contributed by atoms with van der Waals surface area (Å²) >= 11 is 0. The van der Waals surface area contributed by atoms with Gasteiger partial charge >= 0.3 is 0 Å². The molecule has 4 rings (SSSR count). The largest absolute Gasteiger partial charge is 0.322 e. The lowest BCUT2D eigenvalue weighted by molar-refractivity contribution is -0.122. The van der Waals surface area contributed by atoms with Gasteiger partial charge in [0, 0.05) is 11.3 Å². The lowest BCUT2D eigenvalue weighted by Crippen LogP contribution is -2.31. The molecule has 5 heteroatoms. The second-order valence-electron chi connectivity index (χ2n) is 7.68. The molecule has 1 N–H and O–H groups in total. The van der Waals surface area contributed by atoms with Gasteiger partial charge < -0.3 is 5.32 Å². The summed E-state index contributed by atoms with van der Waals surface area (Å²) in [6, 6.07) is 14.4. The predicted octanol–water partition coefficient (Wildman–Crippen LogP) is 4.20. The van der Waals surface area contributed by atoms with Crippen LogP contribution in [0, 0.1) is 17.8 Å². The summed E-state index contributed by atoms with van der Waals surface area (Å²) in [5.74, 6) is -1.21. The van der Waals surface area contributed by atoms with Crippen LogP contribution in [0.1, 0.15) is 36.2 Å². The van der Waals surface area contributed by atoms with Crippen molar-refractivity contribution in [2.24, 2.45) is 17.8 Å². The molecule has 0 saturated carbocycles. The Balaban J connectivity index is 1.60. The third-order valence-corrected chi connectivity index (χ3v) is 5.89. The number of hydrogen-bond acceptors (Lipinski definition) is 3. The van der Waals surface area contributed by atoms with E-state index in [2.05, 4.69) is 5.32 Å². The van der Waals surface area contributed by atoms with Crippen LogP contribution >= 0.6 is 0 Å². The maximum Gasteiger partial charge on any atom is 0.255 e. The monoisotopic (exact) mass is 388 g/mol. The first-order chi connectivity index (χ1) is 14.0. The summed E-state index contributed by atoms with van der Waals surface area (Å²) < 4.78 is 0. The number of rotatable bonds is 4. The molecular weight excluding hydrogens is 364 g/mol. The van der Waals surface area contributed by atoms with Gasteiger partial charge in [-0.05, 0) is 48.6 Å². The van der Waals surface area contributed by atoms with E-state index in [4.69, 9.17) is 0 Å². The average molecular weight is 388 g/mol. The quantitative estimate of drug-likeness (QED) is 0.630. The molecule has 3 amide bonds. The maximum atomic E-state index is 13.0. The number of allylic oxidation sites excluding steroid dienone is 2. The number of imide groups is 1. The van der Waals surface area contributed by atoms with Crippen molar-refractivity contribution in [2.75, 3.05) is 10.2 Å². The smallest absolute Gasteiger partial charge is 0.255 e. The van der Waals surface area contributed by atoms with Gasteiger partial charge in [-0.15, -0.1) is 0 Å². The summed E-state index contributed by atoms with van der Waals surface area (Å²) in [7, 11) is 0. The van der Waals surface area contributed by atoms with Crippen LogP contribution in [0.3, 0.4) is 0 Å². The van der Waals surface area contributed by atoms with Crippen LogP contribution in [0.5, 0.6) is 0 Å². The van der Waals surface area contributed by atoms with Gasteiger partial charge in [-0.1, -0.05) is 50.3 Å². The van der Waals surface area contributed by atoms with Crippen molar-refractivity contribution in [1.29, 1.82) is 0 Å². The number of anilines is 2. The molecule has 0 bridgehead atoms. The summed E-state index contributed by atoms with van der Waals surface area (Å²) in [6.07, 6.45) is 5.38. The van der Waals surface area contributed by atoms with Crippen LogP contribution < -0.4 is 10.2 Å². The zero-order valence-electron chi connectivity index (χ0n) is 16.6. The molecule has 1 heterocycles. The molecule has 2 aliphatic rings. The molecule has 2 aromatic rings. The Morgan fingerprint density at radius 1 is 1.10 bits per heavy atom. The number of amides is 3. The minimum atomic E-state index is -0.318. The van der Waals surface area contributed by atoms with E-state index in [0.717, 1.165) is 17.7 Å². The number of nitrogens with one attached hydrogen (secondary N) is 1. The standard InChI is InChI=1S/C24H24N2O3/c1-3-16-9-4-5-13-20(16)25-22(27)17-10-7-11-18(14-17)26-23(28)19-12-6-8-15(2)21(19)24(26)29/h4-11,13-15,19,21H,3,12H2,1-2H3,(H,25,27)/t15-,19-,21-/m0/s1. The molecule has 1 saturated heterocycles. The highest BCUT2D eigenvalue weighted by molar-refractivity contribution is 6.22. The molecule has 1 fully saturated rings. The first-order valence-corrected chi connectivity index (χ1v) is 10.0. The normalized spacial score (nSPS) is 23.2. The Morgan fingerprint density at radius 2 is 1.90 bits per heavy atom. The SMILES string of the molecule is CCc1ccccc1NC(=O)c1cccc(N2C(=O)[C@@H]3[C@H](CC=C[C@@H]3C)C2=O)c1. The van der Waals surface area contributed by atoms with Gasteiger partial charge in [0.2, 0.25) is 11.8 Å². The number of carbonyl (C=O) groups excluding carboxylic acids is 3. The molecule has 0 aromatic heterocycles. The second-order valence-corrected chi connectivity index (χ2v) is 7.68. The van der Waals surface area contributed by atoms with Crippen molar-refractivity contribution < 1.29 is 14.4 Å². The summed E-state index contributed by atoms with van der Waals surface area (Å²) in [6.45, 7) is 4.00. The molecule has 29 heavy (non-hydrogen) atoms. The topological polar surface area (TPSA) is 66.5 Å². The van der Waals surface area contributed by atoms with Gasteiger partial charge in [-0.3, -0.25) is 19.3 Å². The third kappa shape index (κ3) is 3.37. The zero-order chi connectivity index (χ0) is 20.5. The van der Waals surface area contributed by atoms with E-state index in [1.807, 2.05) is 50.3 Å². The Bertz CT molecular complexity index is 1010. The number of para-hydroxylation sites is 1. The molecule has 3 atom stereocenters. The molecule has 1 aliphatic heterocycles. The lowest BCUT2D eigenvalue weighted by atomic mass is 9.78.